The van der Waals surface area contributed by atoms with Gasteiger partial charge in [-0.05, 0) is 67.8 Å². The third-order valence-electron chi connectivity index (χ3n) is 6.11. The maximum atomic E-state index is 8.36. The summed E-state index contributed by atoms with van der Waals surface area (Å²) >= 11 is 0. The van der Waals surface area contributed by atoms with Crippen molar-refractivity contribution in [3.63, 3.8) is 0 Å². The molecule has 1 aromatic heterocycles. The number of nitrogens with one attached hydrogen (secondary N) is 1. The van der Waals surface area contributed by atoms with E-state index in [1.54, 1.807) is 7.11 Å². The Morgan fingerprint density at radius 2 is 1.87 bits per heavy atom. The monoisotopic (exact) mass is 429 g/mol. The second-order valence-corrected chi connectivity index (χ2v) is 9.06. The minimum atomic E-state index is -0.250. The highest BCUT2D eigenvalue weighted by Gasteiger charge is 2.32. The number of fused-ring (bicyclic) bond motifs is 3. The first-order chi connectivity index (χ1) is 14.9. The van der Waals surface area contributed by atoms with Gasteiger partial charge in [0.15, 0.2) is 11.5 Å². The van der Waals surface area contributed by atoms with Gasteiger partial charge in [-0.25, -0.2) is 4.98 Å². The van der Waals surface area contributed by atoms with Crippen LogP contribution in [0.4, 0.5) is 5.82 Å². The Labute approximate surface area is 184 Å². The summed E-state index contributed by atoms with van der Waals surface area (Å²) in [5, 5.41) is 11.4. The third kappa shape index (κ3) is 5.39. The molecule has 31 heavy (non-hydrogen) atoms. The molecule has 0 atom stereocenters. The highest BCUT2D eigenvalue weighted by Crippen LogP contribution is 2.44. The number of rotatable bonds is 7. The van der Waals surface area contributed by atoms with Crippen molar-refractivity contribution in [3.8, 4) is 11.5 Å². The summed E-state index contributed by atoms with van der Waals surface area (Å²) in [6, 6.07) is 4.17. The summed E-state index contributed by atoms with van der Waals surface area (Å²) in [5.41, 5.74) is 4.00. The number of likely N-dealkylation sites (tertiary alicyclic amines) is 1. The van der Waals surface area contributed by atoms with E-state index < -0.39 is 0 Å². The Hall–Kier alpha value is -2.54. The first kappa shape index (κ1) is 23.1. The molecule has 1 saturated heterocycles. The van der Waals surface area contributed by atoms with Gasteiger partial charge in [0.2, 0.25) is 0 Å². The van der Waals surface area contributed by atoms with Crippen LogP contribution in [0.25, 0.3) is 10.9 Å². The number of anilines is 1. The van der Waals surface area contributed by atoms with Crippen molar-refractivity contribution in [2.45, 2.75) is 46.0 Å². The topological polar surface area (TPSA) is 83.9 Å². The number of methoxy groups -OCH3 is 1. The molecular formula is C24H35N3O4. The van der Waals surface area contributed by atoms with E-state index in [-0.39, 0.29) is 11.9 Å². The van der Waals surface area contributed by atoms with Crippen LogP contribution < -0.4 is 14.8 Å². The quantitative estimate of drug-likeness (QED) is 0.509. The van der Waals surface area contributed by atoms with Crippen molar-refractivity contribution in [1.82, 2.24) is 9.88 Å². The number of nitrogens with zero attached hydrogens (tertiary/aromatic N) is 2. The molecule has 1 aromatic carbocycles. The van der Waals surface area contributed by atoms with Gasteiger partial charge in [-0.15, -0.1) is 0 Å². The molecule has 2 N–H and O–H groups in total. The number of aromatic nitrogens is 1. The van der Waals surface area contributed by atoms with E-state index in [1.807, 2.05) is 7.05 Å². The van der Waals surface area contributed by atoms with Crippen LogP contribution in [0, 0.1) is 5.41 Å². The molecule has 2 aliphatic rings. The van der Waals surface area contributed by atoms with Crippen molar-refractivity contribution >= 4 is 23.2 Å². The SMILES string of the molecule is CNc1nc2cc(OCCCN3CCCC3)c(OC)cc2c2c1CC(C)(C)C2.O=CO. The zero-order valence-corrected chi connectivity index (χ0v) is 19.2. The zero-order chi connectivity index (χ0) is 22.4. The largest absolute Gasteiger partial charge is 0.493 e. The fourth-order valence-corrected chi connectivity index (χ4v) is 4.74. The number of pyridine rings is 1. The molecule has 170 valence electrons. The van der Waals surface area contributed by atoms with E-state index in [0.717, 1.165) is 48.6 Å². The lowest BCUT2D eigenvalue weighted by atomic mass is 9.90. The first-order valence-electron chi connectivity index (χ1n) is 11.1. The zero-order valence-electron chi connectivity index (χ0n) is 19.2. The average Bonchev–Trinajstić information content (AvgIpc) is 3.37. The van der Waals surface area contributed by atoms with Gasteiger partial charge in [-0.3, -0.25) is 4.79 Å². The third-order valence-corrected chi connectivity index (χ3v) is 6.11. The van der Waals surface area contributed by atoms with Crippen LogP contribution in [-0.2, 0) is 17.6 Å². The van der Waals surface area contributed by atoms with Gasteiger partial charge in [-0.1, -0.05) is 13.8 Å². The Morgan fingerprint density at radius 1 is 1.19 bits per heavy atom. The minimum absolute atomic E-state index is 0.250. The van der Waals surface area contributed by atoms with Crippen LogP contribution >= 0.6 is 0 Å². The number of carboxylic acid groups (broad SMARTS) is 1. The van der Waals surface area contributed by atoms with Crippen LogP contribution in [0.5, 0.6) is 11.5 Å². The van der Waals surface area contributed by atoms with Crippen LogP contribution in [0.3, 0.4) is 0 Å². The van der Waals surface area contributed by atoms with E-state index in [9.17, 15) is 0 Å². The summed E-state index contributed by atoms with van der Waals surface area (Å²) in [4.78, 5) is 15.8. The van der Waals surface area contributed by atoms with Gasteiger partial charge in [0.05, 0.1) is 19.2 Å². The number of benzene rings is 1. The fraction of sp³-hybridized carbons (Fsp3) is 0.583. The second-order valence-electron chi connectivity index (χ2n) is 9.06. The predicted molar refractivity (Wildman–Crippen MR) is 124 cm³/mol. The van der Waals surface area contributed by atoms with E-state index >= 15 is 0 Å². The lowest BCUT2D eigenvalue weighted by Gasteiger charge is -2.17. The molecule has 4 rings (SSSR count). The maximum Gasteiger partial charge on any atom is 0.290 e. The van der Waals surface area contributed by atoms with Crippen LogP contribution in [0.15, 0.2) is 12.1 Å². The second kappa shape index (κ2) is 10.2. The van der Waals surface area contributed by atoms with Gasteiger partial charge in [0, 0.05) is 25.0 Å². The molecule has 0 amide bonds. The molecule has 1 fully saturated rings. The molecule has 2 aromatic rings. The lowest BCUT2D eigenvalue weighted by Crippen LogP contribution is -2.21. The molecule has 7 heteroatoms. The Bertz CT molecular complexity index is 908. The van der Waals surface area contributed by atoms with Crippen molar-refractivity contribution in [1.29, 1.82) is 0 Å². The predicted octanol–water partition coefficient (Wildman–Crippen LogP) is 3.98. The number of hydrogen-bond acceptors (Lipinski definition) is 6. The fourth-order valence-electron chi connectivity index (χ4n) is 4.74. The van der Waals surface area contributed by atoms with Gasteiger partial charge in [0.1, 0.15) is 5.82 Å². The molecular weight excluding hydrogens is 394 g/mol. The first-order valence-corrected chi connectivity index (χ1v) is 11.1. The summed E-state index contributed by atoms with van der Waals surface area (Å²) in [6.45, 7) is 8.69. The lowest BCUT2D eigenvalue weighted by molar-refractivity contribution is -0.122. The normalized spacial score (nSPS) is 17.0. The smallest absolute Gasteiger partial charge is 0.290 e. The molecule has 0 spiro atoms. The number of ether oxygens (including phenoxy) is 2. The van der Waals surface area contributed by atoms with Crippen molar-refractivity contribution in [2.24, 2.45) is 5.41 Å². The highest BCUT2D eigenvalue weighted by atomic mass is 16.5. The highest BCUT2D eigenvalue weighted by molar-refractivity contribution is 5.89. The van der Waals surface area contributed by atoms with Crippen LogP contribution in [-0.4, -0.2) is 61.9 Å². The minimum Gasteiger partial charge on any atom is -0.493 e. The molecule has 1 aliphatic heterocycles. The summed E-state index contributed by atoms with van der Waals surface area (Å²) in [7, 11) is 3.68. The van der Waals surface area contributed by atoms with Crippen molar-refractivity contribution in [3.05, 3.63) is 23.3 Å². The molecule has 1 aliphatic carbocycles. The van der Waals surface area contributed by atoms with Gasteiger partial charge in [0.25, 0.3) is 6.47 Å². The van der Waals surface area contributed by atoms with Crippen LogP contribution in [0.2, 0.25) is 0 Å². The van der Waals surface area contributed by atoms with E-state index in [4.69, 9.17) is 24.4 Å². The summed E-state index contributed by atoms with van der Waals surface area (Å²) < 4.78 is 11.8. The van der Waals surface area contributed by atoms with E-state index in [2.05, 4.69) is 36.2 Å². The van der Waals surface area contributed by atoms with Crippen molar-refractivity contribution < 1.29 is 19.4 Å². The Balaban J connectivity index is 0.000000858. The molecule has 0 saturated carbocycles. The van der Waals surface area contributed by atoms with E-state index in [0.29, 0.717) is 6.61 Å². The van der Waals surface area contributed by atoms with Crippen LogP contribution in [0.1, 0.15) is 44.2 Å². The maximum absolute atomic E-state index is 8.36. The summed E-state index contributed by atoms with van der Waals surface area (Å²) in [6.07, 6.45) is 5.82. The molecule has 0 bridgehead atoms. The molecule has 0 unspecified atom stereocenters. The standard InChI is InChI=1S/C23H33N3O2.CH2O2/c1-23(2)14-17-16-12-20(27-4)21(28-11-7-10-26-8-5-6-9-26)13-19(16)25-22(24-3)18(17)15-23;2-1-3/h12-13H,5-11,14-15H2,1-4H3,(H,24,25);1H,(H,2,3). The van der Waals surface area contributed by atoms with E-state index in [1.165, 1.54) is 42.4 Å². The van der Waals surface area contributed by atoms with Crippen molar-refractivity contribution in [2.75, 3.05) is 45.7 Å². The Kier molecular flexibility index (Phi) is 7.59. The van der Waals surface area contributed by atoms with Gasteiger partial charge in [-0.2, -0.15) is 0 Å². The van der Waals surface area contributed by atoms with Gasteiger partial charge >= 0.3 is 0 Å². The summed E-state index contributed by atoms with van der Waals surface area (Å²) in [5.74, 6) is 2.60. The molecule has 7 nitrogen and oxygen atoms in total. The average molecular weight is 430 g/mol. The number of hydrogen-bond donors (Lipinski definition) is 2. The molecule has 2 heterocycles. The molecule has 0 radical (unpaired) electrons. The van der Waals surface area contributed by atoms with Gasteiger partial charge < -0.3 is 24.8 Å². The Morgan fingerprint density at radius 3 is 2.52 bits per heavy atom. The number of carbonyl (C=O) groups is 1.